The summed E-state index contributed by atoms with van der Waals surface area (Å²) in [6, 6.07) is 13.2. The molecule has 122 valence electrons. The van der Waals surface area contributed by atoms with Crippen LogP contribution in [0.1, 0.15) is 12.5 Å². The van der Waals surface area contributed by atoms with Gasteiger partial charge in [-0.25, -0.2) is 9.59 Å². The minimum atomic E-state index is -0.817. The maximum Gasteiger partial charge on any atom is 0.364 e. The Hall–Kier alpha value is -3.28. The van der Waals surface area contributed by atoms with Crippen molar-refractivity contribution >= 4 is 28.4 Å². The van der Waals surface area contributed by atoms with Crippen LogP contribution >= 0.6 is 0 Å². The maximum absolute atomic E-state index is 12.1. The molecule has 0 fully saturated rings. The van der Waals surface area contributed by atoms with E-state index in [0.29, 0.717) is 11.1 Å². The van der Waals surface area contributed by atoms with Gasteiger partial charge in [0.2, 0.25) is 0 Å². The predicted octanol–water partition coefficient (Wildman–Crippen LogP) is 3.71. The minimum absolute atomic E-state index is 0.251. The Morgan fingerprint density at radius 3 is 2.50 bits per heavy atom. The molecule has 24 heavy (non-hydrogen) atoms. The maximum atomic E-state index is 12.1. The fourth-order valence-corrected chi connectivity index (χ4v) is 2.34. The van der Waals surface area contributed by atoms with E-state index in [1.54, 1.807) is 36.4 Å². The van der Waals surface area contributed by atoms with Crippen molar-refractivity contribution in [2.45, 2.75) is 13.3 Å². The molecule has 0 saturated heterocycles. The Kier molecular flexibility index (Phi) is 4.20. The summed E-state index contributed by atoms with van der Waals surface area (Å²) in [7, 11) is 0. The van der Waals surface area contributed by atoms with Crippen molar-refractivity contribution in [2.24, 2.45) is 0 Å². The van der Waals surface area contributed by atoms with Crippen molar-refractivity contribution in [3.8, 4) is 5.75 Å². The molecule has 3 N–H and O–H groups in total. The third-order valence-electron chi connectivity index (χ3n) is 3.64. The lowest BCUT2D eigenvalue weighted by atomic mass is 10.1. The first-order chi connectivity index (χ1) is 11.6. The second kappa shape index (κ2) is 6.45. The van der Waals surface area contributed by atoms with Crippen LogP contribution in [0.4, 0.5) is 16.2 Å². The van der Waals surface area contributed by atoms with Crippen LogP contribution in [-0.4, -0.2) is 11.1 Å². The van der Waals surface area contributed by atoms with Gasteiger partial charge in [-0.2, -0.15) is 0 Å². The lowest BCUT2D eigenvalue weighted by Crippen LogP contribution is -2.23. The number of para-hydroxylation sites is 1. The lowest BCUT2D eigenvalue weighted by molar-refractivity contribution is 0.262. The van der Waals surface area contributed by atoms with Crippen LogP contribution in [0.15, 0.2) is 57.7 Å². The van der Waals surface area contributed by atoms with Gasteiger partial charge in [0.05, 0.1) is 5.39 Å². The molecule has 0 spiro atoms. The number of fused-ring (bicyclic) bond motifs is 1. The van der Waals surface area contributed by atoms with E-state index in [4.69, 9.17) is 4.42 Å². The number of benzene rings is 2. The highest BCUT2D eigenvalue weighted by Gasteiger charge is 2.16. The van der Waals surface area contributed by atoms with Gasteiger partial charge in [-0.05, 0) is 36.2 Å². The molecule has 1 heterocycles. The van der Waals surface area contributed by atoms with Crippen molar-refractivity contribution in [1.82, 2.24) is 0 Å². The summed E-state index contributed by atoms with van der Waals surface area (Å²) in [4.78, 5) is 24.0. The van der Waals surface area contributed by atoms with Gasteiger partial charge in [0, 0.05) is 5.69 Å². The van der Waals surface area contributed by atoms with Crippen LogP contribution in [0.3, 0.4) is 0 Å². The van der Waals surface area contributed by atoms with E-state index in [0.717, 1.165) is 12.0 Å². The van der Waals surface area contributed by atoms with Crippen LogP contribution in [-0.2, 0) is 6.42 Å². The zero-order chi connectivity index (χ0) is 17.1. The van der Waals surface area contributed by atoms with Crippen LogP contribution in [0, 0.1) is 0 Å². The second-order valence-electron chi connectivity index (χ2n) is 5.24. The first kappa shape index (κ1) is 15.6. The summed E-state index contributed by atoms with van der Waals surface area (Å²) < 4.78 is 5.10. The van der Waals surface area contributed by atoms with E-state index < -0.39 is 11.7 Å². The average Bonchev–Trinajstić information content (AvgIpc) is 2.59. The highest BCUT2D eigenvalue weighted by Crippen LogP contribution is 2.29. The van der Waals surface area contributed by atoms with E-state index in [1.807, 2.05) is 19.1 Å². The van der Waals surface area contributed by atoms with Crippen LogP contribution in [0.5, 0.6) is 5.75 Å². The van der Waals surface area contributed by atoms with Crippen LogP contribution < -0.4 is 16.3 Å². The predicted molar refractivity (Wildman–Crippen MR) is 92.6 cm³/mol. The number of carbonyl (C=O) groups excluding carboxylic acids is 1. The Labute approximate surface area is 137 Å². The number of carbonyl (C=O) groups is 1. The quantitative estimate of drug-likeness (QED) is 0.641. The summed E-state index contributed by atoms with van der Waals surface area (Å²) in [6.07, 6.45) is 0.901. The molecule has 0 unspecified atom stereocenters. The molecule has 0 bridgehead atoms. The number of rotatable bonds is 3. The molecule has 3 rings (SSSR count). The molecule has 0 aliphatic carbocycles. The normalized spacial score (nSPS) is 10.5. The molecule has 0 radical (unpaired) electrons. The van der Waals surface area contributed by atoms with Crippen molar-refractivity contribution in [1.29, 1.82) is 0 Å². The van der Waals surface area contributed by atoms with Gasteiger partial charge >= 0.3 is 11.7 Å². The van der Waals surface area contributed by atoms with Crippen LogP contribution in [0.2, 0.25) is 0 Å². The van der Waals surface area contributed by atoms with Gasteiger partial charge in [-0.1, -0.05) is 31.2 Å². The third-order valence-corrected chi connectivity index (χ3v) is 3.64. The van der Waals surface area contributed by atoms with E-state index in [2.05, 4.69) is 10.6 Å². The SMILES string of the molecule is CCc1ccc(NC(=O)Nc2c(O)c3ccccc3oc2=O)cc1. The molecule has 3 aromatic rings. The standard InChI is InChI=1S/C18H16N2O4/c1-2-11-7-9-12(10-8-11)19-18(23)20-15-16(21)13-5-3-4-6-14(13)24-17(15)22/h3-10,21H,2H2,1H3,(H2,19,20,23). The Balaban J connectivity index is 1.83. The summed E-state index contributed by atoms with van der Waals surface area (Å²) in [5.74, 6) is -0.321. The van der Waals surface area contributed by atoms with Crippen LogP contribution in [0.25, 0.3) is 11.0 Å². The molecule has 0 saturated carbocycles. The van der Waals surface area contributed by atoms with Crippen molar-refractivity contribution < 1.29 is 14.3 Å². The third kappa shape index (κ3) is 3.08. The highest BCUT2D eigenvalue weighted by atomic mass is 16.4. The van der Waals surface area contributed by atoms with E-state index >= 15 is 0 Å². The van der Waals surface area contributed by atoms with Gasteiger partial charge < -0.3 is 14.8 Å². The molecule has 0 aliphatic heterocycles. The minimum Gasteiger partial charge on any atom is -0.505 e. The lowest BCUT2D eigenvalue weighted by Gasteiger charge is -2.09. The molecular formula is C18H16N2O4. The Morgan fingerprint density at radius 1 is 1.08 bits per heavy atom. The van der Waals surface area contributed by atoms with Crippen molar-refractivity contribution in [2.75, 3.05) is 10.6 Å². The monoisotopic (exact) mass is 324 g/mol. The number of hydrogen-bond donors (Lipinski definition) is 3. The van der Waals surface area contributed by atoms with E-state index in [9.17, 15) is 14.7 Å². The molecule has 0 aliphatic rings. The average molecular weight is 324 g/mol. The number of aryl methyl sites for hydroxylation is 1. The largest absolute Gasteiger partial charge is 0.505 e. The van der Waals surface area contributed by atoms with Gasteiger partial charge in [0.15, 0.2) is 11.4 Å². The molecule has 2 amide bonds. The number of nitrogens with one attached hydrogen (secondary N) is 2. The fourth-order valence-electron chi connectivity index (χ4n) is 2.34. The van der Waals surface area contributed by atoms with Gasteiger partial charge in [-0.15, -0.1) is 0 Å². The summed E-state index contributed by atoms with van der Waals surface area (Å²) in [6.45, 7) is 2.04. The number of urea groups is 1. The molecule has 2 aromatic carbocycles. The molecular weight excluding hydrogens is 308 g/mol. The topological polar surface area (TPSA) is 91.6 Å². The first-order valence-electron chi connectivity index (χ1n) is 7.50. The Morgan fingerprint density at radius 2 is 1.79 bits per heavy atom. The summed E-state index contributed by atoms with van der Waals surface area (Å²) in [5.41, 5.74) is 0.864. The van der Waals surface area contributed by atoms with Gasteiger partial charge in [0.1, 0.15) is 5.58 Å². The van der Waals surface area contributed by atoms with E-state index in [1.165, 1.54) is 0 Å². The molecule has 0 atom stereocenters. The summed E-state index contributed by atoms with van der Waals surface area (Å²) >= 11 is 0. The van der Waals surface area contributed by atoms with Gasteiger partial charge in [0.25, 0.3) is 0 Å². The Bertz CT molecular complexity index is 945. The zero-order valence-electron chi connectivity index (χ0n) is 13.0. The molecule has 6 nitrogen and oxygen atoms in total. The van der Waals surface area contributed by atoms with E-state index in [-0.39, 0.29) is 17.0 Å². The fraction of sp³-hybridized carbons (Fsp3) is 0.111. The number of hydrogen-bond acceptors (Lipinski definition) is 4. The molecule has 1 aromatic heterocycles. The summed E-state index contributed by atoms with van der Waals surface area (Å²) in [5, 5.41) is 15.5. The number of aromatic hydroxyl groups is 1. The zero-order valence-corrected chi connectivity index (χ0v) is 13.0. The van der Waals surface area contributed by atoms with Crippen molar-refractivity contribution in [3.63, 3.8) is 0 Å². The second-order valence-corrected chi connectivity index (χ2v) is 5.24. The first-order valence-corrected chi connectivity index (χ1v) is 7.50. The van der Waals surface area contributed by atoms with Gasteiger partial charge in [-0.3, -0.25) is 5.32 Å². The molecule has 6 heteroatoms. The smallest absolute Gasteiger partial charge is 0.364 e. The number of amides is 2. The van der Waals surface area contributed by atoms with Crippen molar-refractivity contribution in [3.05, 3.63) is 64.5 Å². The number of anilines is 2. The highest BCUT2D eigenvalue weighted by molar-refractivity contribution is 6.02.